The normalized spacial score (nSPS) is 11.0. The molecule has 0 saturated carbocycles. The minimum absolute atomic E-state index is 0.758. The quantitative estimate of drug-likeness (QED) is 0.786. The summed E-state index contributed by atoms with van der Waals surface area (Å²) in [4.78, 5) is 13.0. The van der Waals surface area contributed by atoms with Crippen LogP contribution in [-0.4, -0.2) is 26.4 Å². The van der Waals surface area contributed by atoms with E-state index in [2.05, 4.69) is 24.7 Å². The first-order valence-corrected chi connectivity index (χ1v) is 6.74. The second-order valence-corrected chi connectivity index (χ2v) is 4.98. The zero-order chi connectivity index (χ0) is 13.1. The van der Waals surface area contributed by atoms with E-state index in [9.17, 15) is 0 Å². The summed E-state index contributed by atoms with van der Waals surface area (Å²) in [6, 6.07) is 5.99. The fourth-order valence-electron chi connectivity index (χ4n) is 1.87. The first-order chi connectivity index (χ1) is 9.38. The highest BCUT2D eigenvalue weighted by Crippen LogP contribution is 2.28. The van der Waals surface area contributed by atoms with Crippen LogP contribution >= 0.6 is 11.8 Å². The molecule has 3 aromatic rings. The van der Waals surface area contributed by atoms with Crippen molar-refractivity contribution in [2.45, 2.75) is 16.6 Å². The molecular formula is C13H13N5S. The molecule has 3 aromatic heterocycles. The van der Waals surface area contributed by atoms with Gasteiger partial charge in [0.25, 0.3) is 0 Å². The number of aromatic nitrogens is 4. The molecule has 0 aromatic carbocycles. The van der Waals surface area contributed by atoms with Gasteiger partial charge in [-0.1, -0.05) is 6.07 Å². The Kier molecular flexibility index (Phi) is 3.43. The van der Waals surface area contributed by atoms with E-state index in [1.165, 1.54) is 11.8 Å². The van der Waals surface area contributed by atoms with Crippen molar-refractivity contribution in [2.75, 3.05) is 7.05 Å². The number of imidazole rings is 1. The number of nitrogens with one attached hydrogen (secondary N) is 1. The van der Waals surface area contributed by atoms with E-state index in [0.29, 0.717) is 0 Å². The van der Waals surface area contributed by atoms with E-state index in [4.69, 9.17) is 0 Å². The van der Waals surface area contributed by atoms with Crippen molar-refractivity contribution < 1.29 is 0 Å². The molecule has 0 aliphatic carbocycles. The third-order valence-electron chi connectivity index (χ3n) is 2.68. The Bertz CT molecular complexity index is 680. The van der Waals surface area contributed by atoms with E-state index < -0.39 is 0 Å². The molecule has 0 fully saturated rings. The third-order valence-corrected chi connectivity index (χ3v) is 3.62. The molecule has 0 aliphatic rings. The van der Waals surface area contributed by atoms with Gasteiger partial charge in [0.2, 0.25) is 0 Å². The lowest BCUT2D eigenvalue weighted by atomic mass is 10.4. The molecule has 0 atom stereocenters. The van der Waals surface area contributed by atoms with Crippen molar-refractivity contribution in [3.8, 4) is 0 Å². The zero-order valence-electron chi connectivity index (χ0n) is 10.4. The van der Waals surface area contributed by atoms with E-state index >= 15 is 0 Å². The van der Waals surface area contributed by atoms with Crippen molar-refractivity contribution in [3.63, 3.8) is 0 Å². The minimum Gasteiger partial charge on any atom is -0.314 e. The van der Waals surface area contributed by atoms with Crippen LogP contribution < -0.4 is 5.32 Å². The highest BCUT2D eigenvalue weighted by atomic mass is 32.2. The highest BCUT2D eigenvalue weighted by Gasteiger charge is 2.12. The Balaban J connectivity index is 2.04. The average Bonchev–Trinajstić information content (AvgIpc) is 2.79. The maximum atomic E-state index is 4.64. The van der Waals surface area contributed by atoms with Crippen LogP contribution in [0.1, 0.15) is 5.69 Å². The minimum atomic E-state index is 0.758. The lowest BCUT2D eigenvalue weighted by molar-refractivity contribution is 0.763. The second-order valence-electron chi connectivity index (χ2n) is 3.97. The van der Waals surface area contributed by atoms with Crippen LogP contribution in [0, 0.1) is 0 Å². The SMILES string of the molecule is CNCc1c(Sc2cnccn2)nc2ccccn12. The molecule has 1 N–H and O–H groups in total. The standard InChI is InChI=1S/C13H13N5S/c1-14-8-10-13(19-12-9-15-5-6-16-12)17-11-4-2-3-7-18(10)11/h2-7,9,14H,8H2,1H3. The monoisotopic (exact) mass is 271 g/mol. The van der Waals surface area contributed by atoms with Crippen LogP contribution in [0.5, 0.6) is 0 Å². The Morgan fingerprint density at radius 1 is 1.32 bits per heavy atom. The van der Waals surface area contributed by atoms with Gasteiger partial charge >= 0.3 is 0 Å². The molecule has 0 aliphatic heterocycles. The largest absolute Gasteiger partial charge is 0.314 e. The molecule has 0 saturated heterocycles. The maximum Gasteiger partial charge on any atom is 0.138 e. The molecule has 0 unspecified atom stereocenters. The molecule has 96 valence electrons. The number of pyridine rings is 1. The molecule has 6 heteroatoms. The van der Waals surface area contributed by atoms with Gasteiger partial charge < -0.3 is 9.72 Å². The second kappa shape index (κ2) is 5.38. The molecule has 0 spiro atoms. The number of nitrogens with zero attached hydrogens (tertiary/aromatic N) is 4. The van der Waals surface area contributed by atoms with Crippen LogP contribution in [0.4, 0.5) is 0 Å². The Labute approximate surface area is 115 Å². The predicted octanol–water partition coefficient (Wildman–Crippen LogP) is 1.99. The van der Waals surface area contributed by atoms with Crippen LogP contribution in [0.25, 0.3) is 5.65 Å². The number of hydrogen-bond acceptors (Lipinski definition) is 5. The third kappa shape index (κ3) is 2.45. The summed E-state index contributed by atoms with van der Waals surface area (Å²) in [5, 5.41) is 4.99. The summed E-state index contributed by atoms with van der Waals surface area (Å²) < 4.78 is 2.09. The summed E-state index contributed by atoms with van der Waals surface area (Å²) in [7, 11) is 1.93. The Hall–Kier alpha value is -1.92. The van der Waals surface area contributed by atoms with Gasteiger partial charge in [0.1, 0.15) is 15.7 Å². The lowest BCUT2D eigenvalue weighted by Crippen LogP contribution is -2.08. The van der Waals surface area contributed by atoms with Gasteiger partial charge in [-0.3, -0.25) is 4.98 Å². The molecule has 3 rings (SSSR count). The first kappa shape index (κ1) is 12.1. The molecule has 0 bridgehead atoms. The maximum absolute atomic E-state index is 4.64. The molecular weight excluding hydrogens is 258 g/mol. The van der Waals surface area contributed by atoms with Gasteiger partial charge in [0.05, 0.1) is 11.9 Å². The van der Waals surface area contributed by atoms with Gasteiger partial charge in [-0.15, -0.1) is 0 Å². The molecule has 0 radical (unpaired) electrons. The van der Waals surface area contributed by atoms with Gasteiger partial charge in [-0.2, -0.15) is 0 Å². The average molecular weight is 271 g/mol. The summed E-state index contributed by atoms with van der Waals surface area (Å²) in [6.45, 7) is 0.758. The van der Waals surface area contributed by atoms with Gasteiger partial charge in [0.15, 0.2) is 0 Å². The summed E-state index contributed by atoms with van der Waals surface area (Å²) in [6.07, 6.45) is 7.13. The number of hydrogen-bond donors (Lipinski definition) is 1. The fourth-order valence-corrected chi connectivity index (χ4v) is 2.72. The first-order valence-electron chi connectivity index (χ1n) is 5.93. The van der Waals surface area contributed by atoms with Crippen LogP contribution in [0.2, 0.25) is 0 Å². The molecule has 3 heterocycles. The van der Waals surface area contributed by atoms with Crippen molar-refractivity contribution in [2.24, 2.45) is 0 Å². The molecule has 5 nitrogen and oxygen atoms in total. The van der Waals surface area contributed by atoms with Crippen molar-refractivity contribution in [1.82, 2.24) is 24.7 Å². The topological polar surface area (TPSA) is 55.1 Å². The van der Waals surface area contributed by atoms with Crippen LogP contribution in [0.15, 0.2) is 53.0 Å². The highest BCUT2D eigenvalue weighted by molar-refractivity contribution is 7.99. The van der Waals surface area contributed by atoms with Crippen molar-refractivity contribution in [3.05, 3.63) is 48.7 Å². The van der Waals surface area contributed by atoms with E-state index in [1.54, 1.807) is 18.6 Å². The van der Waals surface area contributed by atoms with Crippen LogP contribution in [0.3, 0.4) is 0 Å². The molecule has 0 amide bonds. The molecule has 19 heavy (non-hydrogen) atoms. The number of rotatable bonds is 4. The van der Waals surface area contributed by atoms with E-state index in [0.717, 1.165) is 27.9 Å². The van der Waals surface area contributed by atoms with Crippen molar-refractivity contribution >= 4 is 17.4 Å². The summed E-state index contributed by atoms with van der Waals surface area (Å²) in [5.41, 5.74) is 2.08. The van der Waals surface area contributed by atoms with Gasteiger partial charge in [-0.05, 0) is 30.9 Å². The fraction of sp³-hybridized carbons (Fsp3) is 0.154. The summed E-state index contributed by atoms with van der Waals surface area (Å²) in [5.74, 6) is 0. The lowest BCUT2D eigenvalue weighted by Gasteiger charge is -2.03. The zero-order valence-corrected chi connectivity index (χ0v) is 11.3. The number of fused-ring (bicyclic) bond motifs is 1. The van der Waals surface area contributed by atoms with E-state index in [1.807, 2.05) is 31.4 Å². The predicted molar refractivity (Wildman–Crippen MR) is 74.1 cm³/mol. The Morgan fingerprint density at radius 3 is 3.05 bits per heavy atom. The van der Waals surface area contributed by atoms with Crippen molar-refractivity contribution in [1.29, 1.82) is 0 Å². The smallest absolute Gasteiger partial charge is 0.138 e. The summed E-state index contributed by atoms with van der Waals surface area (Å²) >= 11 is 1.53. The van der Waals surface area contributed by atoms with Gasteiger partial charge in [-0.25, -0.2) is 9.97 Å². The Morgan fingerprint density at radius 2 is 2.26 bits per heavy atom. The van der Waals surface area contributed by atoms with Gasteiger partial charge in [0, 0.05) is 25.1 Å². The van der Waals surface area contributed by atoms with Crippen LogP contribution in [-0.2, 0) is 6.54 Å². The van der Waals surface area contributed by atoms with E-state index in [-0.39, 0.29) is 0 Å².